The fraction of sp³-hybridized carbons (Fsp3) is 0.694. The van der Waals surface area contributed by atoms with Gasteiger partial charge in [-0.05, 0) is 63.2 Å². The molecule has 46 heavy (non-hydrogen) atoms. The van der Waals surface area contributed by atoms with Crippen LogP contribution in [0.25, 0.3) is 0 Å². The lowest BCUT2D eigenvalue weighted by atomic mass is 10.1. The summed E-state index contributed by atoms with van der Waals surface area (Å²) in [6.07, 6.45) is 14.2. The Kier molecular flexibility index (Phi) is 28.6. The SMILES string of the molecule is CC#CC#CCCCCCCCCC(=O)OCC(COP(=O)([O-])OCC[N+](C)=CC)OC(=O)CCCCCCCCC#CC#CC. The van der Waals surface area contributed by atoms with Crippen molar-refractivity contribution in [3.8, 4) is 47.4 Å². The normalized spacial score (nSPS) is 12.4. The molecule has 0 aromatic carbocycles. The number of ether oxygens (including phenoxy) is 2. The first-order chi connectivity index (χ1) is 22.2. The predicted molar refractivity (Wildman–Crippen MR) is 179 cm³/mol. The predicted octanol–water partition coefficient (Wildman–Crippen LogP) is 5.97. The average Bonchev–Trinajstić information content (AvgIpc) is 3.03. The van der Waals surface area contributed by atoms with Gasteiger partial charge in [-0.25, -0.2) is 4.58 Å². The van der Waals surface area contributed by atoms with E-state index < -0.39 is 32.5 Å². The van der Waals surface area contributed by atoms with Crippen LogP contribution in [0, 0.1) is 47.4 Å². The molecule has 2 unspecified atom stereocenters. The molecule has 0 heterocycles. The van der Waals surface area contributed by atoms with E-state index >= 15 is 0 Å². The molecule has 0 aromatic rings. The molecule has 0 aliphatic heterocycles. The smallest absolute Gasteiger partial charge is 0.306 e. The molecule has 10 heteroatoms. The number of hydrogen-bond acceptors (Lipinski definition) is 8. The van der Waals surface area contributed by atoms with Crippen molar-refractivity contribution >= 4 is 26.0 Å². The van der Waals surface area contributed by atoms with E-state index in [9.17, 15) is 19.0 Å². The molecule has 0 aliphatic rings. The Morgan fingerprint density at radius 1 is 0.739 bits per heavy atom. The molecule has 9 nitrogen and oxygen atoms in total. The second-order valence-corrected chi connectivity index (χ2v) is 12.1. The van der Waals surface area contributed by atoms with Crippen LogP contribution in [0.3, 0.4) is 0 Å². The molecule has 0 N–H and O–H groups in total. The summed E-state index contributed by atoms with van der Waals surface area (Å²) in [7, 11) is -2.86. The molecule has 0 aromatic heterocycles. The summed E-state index contributed by atoms with van der Waals surface area (Å²) in [6, 6.07) is 0. The van der Waals surface area contributed by atoms with Crippen LogP contribution in [0.2, 0.25) is 0 Å². The van der Waals surface area contributed by atoms with Gasteiger partial charge in [-0.15, -0.1) is 0 Å². The van der Waals surface area contributed by atoms with Gasteiger partial charge < -0.3 is 23.4 Å². The second-order valence-electron chi connectivity index (χ2n) is 10.7. The van der Waals surface area contributed by atoms with E-state index in [-0.39, 0.29) is 26.1 Å². The van der Waals surface area contributed by atoms with Gasteiger partial charge in [-0.2, -0.15) is 0 Å². The van der Waals surface area contributed by atoms with Gasteiger partial charge in [0.05, 0.1) is 6.61 Å². The third kappa shape index (κ3) is 29.7. The Bertz CT molecular complexity index is 1180. The molecule has 2 atom stereocenters. The highest BCUT2D eigenvalue weighted by atomic mass is 31.2. The van der Waals surface area contributed by atoms with Crippen LogP contribution in [0.1, 0.15) is 124 Å². The Morgan fingerprint density at radius 2 is 1.24 bits per heavy atom. The number of unbranched alkanes of at least 4 members (excludes halogenated alkanes) is 12. The minimum absolute atomic E-state index is 0.0930. The maximum Gasteiger partial charge on any atom is 0.306 e. The lowest BCUT2D eigenvalue weighted by Gasteiger charge is -2.25. The molecule has 0 saturated carbocycles. The highest BCUT2D eigenvalue weighted by Crippen LogP contribution is 2.38. The monoisotopic (exact) mass is 659 g/mol. The zero-order valence-electron chi connectivity index (χ0n) is 28.5. The van der Waals surface area contributed by atoms with E-state index in [0.717, 1.165) is 77.0 Å². The number of carbonyl (C=O) groups is 2. The molecule has 0 bridgehead atoms. The number of phosphoric ester groups is 1. The van der Waals surface area contributed by atoms with Crippen molar-refractivity contribution in [1.29, 1.82) is 0 Å². The van der Waals surface area contributed by atoms with E-state index in [1.54, 1.807) is 31.7 Å². The van der Waals surface area contributed by atoms with Crippen LogP contribution in [-0.2, 0) is 32.7 Å². The van der Waals surface area contributed by atoms with Gasteiger partial charge in [-0.3, -0.25) is 14.2 Å². The molecular weight excluding hydrogens is 605 g/mol. The second kappa shape index (κ2) is 30.6. The number of esters is 2. The van der Waals surface area contributed by atoms with E-state index in [1.165, 1.54) is 0 Å². The number of hydrogen-bond donors (Lipinski definition) is 0. The van der Waals surface area contributed by atoms with Crippen LogP contribution >= 0.6 is 7.82 Å². The Labute approximate surface area is 278 Å². The van der Waals surface area contributed by atoms with Crippen LogP contribution in [0.4, 0.5) is 0 Å². The number of likely N-dealkylation sites (N-methyl/N-ethyl adjacent to an activating group) is 1. The number of rotatable bonds is 26. The van der Waals surface area contributed by atoms with Crippen molar-refractivity contribution in [2.24, 2.45) is 0 Å². The van der Waals surface area contributed by atoms with E-state index in [2.05, 4.69) is 47.4 Å². The van der Waals surface area contributed by atoms with Crippen molar-refractivity contribution in [3.05, 3.63) is 0 Å². The Balaban J connectivity index is 4.54. The van der Waals surface area contributed by atoms with Gasteiger partial charge in [0.15, 0.2) is 12.6 Å². The molecule has 0 saturated heterocycles. The number of carbonyl (C=O) groups excluding carboxylic acids is 2. The van der Waals surface area contributed by atoms with Crippen LogP contribution in [0.15, 0.2) is 0 Å². The molecule has 256 valence electrons. The lowest BCUT2D eigenvalue weighted by molar-refractivity contribution is -0.495. The van der Waals surface area contributed by atoms with Gasteiger partial charge in [-0.1, -0.05) is 75.0 Å². The maximum absolute atomic E-state index is 12.5. The first kappa shape index (κ1) is 43.0. The molecule has 0 radical (unpaired) electrons. The molecular formula is C36H54NO8P. The molecule has 0 rings (SSSR count). The minimum Gasteiger partial charge on any atom is -0.756 e. The highest BCUT2D eigenvalue weighted by molar-refractivity contribution is 7.45. The number of nitrogens with zero attached hydrogens (tertiary/aromatic N) is 1. The lowest BCUT2D eigenvalue weighted by Crippen LogP contribution is -2.30. The van der Waals surface area contributed by atoms with Gasteiger partial charge in [0, 0.05) is 32.6 Å². The van der Waals surface area contributed by atoms with Gasteiger partial charge >= 0.3 is 11.9 Å². The zero-order valence-corrected chi connectivity index (χ0v) is 29.4. The third-order valence-electron chi connectivity index (χ3n) is 6.70. The zero-order chi connectivity index (χ0) is 34.1. The van der Waals surface area contributed by atoms with Crippen molar-refractivity contribution in [1.82, 2.24) is 0 Å². The standard InChI is InChI=1S/C36H54NO8P/c1-5-8-10-12-14-16-18-20-22-24-26-28-35(38)42-32-34(33-44-46(40,41)43-31-30-37(4)7-3)45-36(39)29-27-25-23-21-19-17-15-13-11-9-6-2/h7,34H,14-33H2,1-4H3. The van der Waals surface area contributed by atoms with Crippen molar-refractivity contribution < 1.29 is 42.1 Å². The van der Waals surface area contributed by atoms with E-state index in [0.29, 0.717) is 19.4 Å². The minimum atomic E-state index is -4.64. The van der Waals surface area contributed by atoms with Crippen molar-refractivity contribution in [2.75, 3.05) is 33.4 Å². The van der Waals surface area contributed by atoms with Gasteiger partial charge in [0.1, 0.15) is 26.5 Å². The summed E-state index contributed by atoms with van der Waals surface area (Å²) < 4.78 is 34.6. The summed E-state index contributed by atoms with van der Waals surface area (Å²) in [5, 5.41) is 0. The quantitative estimate of drug-likeness (QED) is 0.0279. The van der Waals surface area contributed by atoms with Crippen molar-refractivity contribution in [2.45, 2.75) is 130 Å². The van der Waals surface area contributed by atoms with Crippen LogP contribution in [0.5, 0.6) is 0 Å². The van der Waals surface area contributed by atoms with Crippen LogP contribution in [-0.4, -0.2) is 62.2 Å². The molecule has 0 amide bonds. The summed E-state index contributed by atoms with van der Waals surface area (Å²) in [6.45, 7) is 4.81. The molecule has 0 aliphatic carbocycles. The fourth-order valence-corrected chi connectivity index (χ4v) is 4.70. The summed E-state index contributed by atoms with van der Waals surface area (Å²) in [4.78, 5) is 37.0. The molecule has 0 fully saturated rings. The maximum atomic E-state index is 12.5. The van der Waals surface area contributed by atoms with E-state index in [4.69, 9.17) is 18.5 Å². The largest absolute Gasteiger partial charge is 0.756 e. The Hall–Kier alpha value is -3.04. The van der Waals surface area contributed by atoms with Crippen molar-refractivity contribution in [3.63, 3.8) is 0 Å². The van der Waals surface area contributed by atoms with E-state index in [1.807, 2.05) is 6.92 Å². The molecule has 0 spiro atoms. The first-order valence-electron chi connectivity index (χ1n) is 16.5. The summed E-state index contributed by atoms with van der Waals surface area (Å²) in [5.41, 5.74) is 0. The average molecular weight is 660 g/mol. The first-order valence-corrected chi connectivity index (χ1v) is 17.9. The van der Waals surface area contributed by atoms with Crippen LogP contribution < -0.4 is 4.89 Å². The number of phosphoric acid groups is 1. The third-order valence-corrected chi connectivity index (χ3v) is 7.66. The van der Waals surface area contributed by atoms with Gasteiger partial charge in [0.2, 0.25) is 0 Å². The topological polar surface area (TPSA) is 114 Å². The Morgan fingerprint density at radius 3 is 1.76 bits per heavy atom. The summed E-state index contributed by atoms with van der Waals surface area (Å²) >= 11 is 0. The van der Waals surface area contributed by atoms with Gasteiger partial charge in [0.25, 0.3) is 7.82 Å². The summed E-state index contributed by atoms with van der Waals surface area (Å²) in [5.74, 6) is 21.6. The highest BCUT2D eigenvalue weighted by Gasteiger charge is 2.21. The fourth-order valence-electron chi connectivity index (χ4n) is 3.97.